The van der Waals surface area contributed by atoms with E-state index in [1.54, 1.807) is 13.3 Å². The van der Waals surface area contributed by atoms with Gasteiger partial charge in [0.2, 0.25) is 0 Å². The number of ether oxygens (including phenoxy) is 1. The Morgan fingerprint density at radius 1 is 1.57 bits per heavy atom. The predicted octanol–water partition coefficient (Wildman–Crippen LogP) is 2.07. The van der Waals surface area contributed by atoms with E-state index in [4.69, 9.17) is 4.74 Å². The summed E-state index contributed by atoms with van der Waals surface area (Å²) in [7, 11) is 1.56. The van der Waals surface area contributed by atoms with E-state index >= 15 is 0 Å². The molecule has 2 fully saturated rings. The molecule has 1 saturated carbocycles. The summed E-state index contributed by atoms with van der Waals surface area (Å²) in [6.45, 7) is 4.29. The molecule has 1 aliphatic heterocycles. The van der Waals surface area contributed by atoms with Gasteiger partial charge in [-0.15, -0.1) is 0 Å². The molecule has 0 amide bonds. The number of H-pyrrole nitrogens is 1. The van der Waals surface area contributed by atoms with Crippen molar-refractivity contribution in [3.63, 3.8) is 0 Å². The zero-order valence-corrected chi connectivity index (χ0v) is 12.2. The minimum Gasteiger partial charge on any atom is -0.467 e. The Morgan fingerprint density at radius 2 is 2.43 bits per heavy atom. The SMILES string of the molecule is CCC12CC1CN(c1nc(OC)nc3[nH]cc(C#N)c13)C2. The summed E-state index contributed by atoms with van der Waals surface area (Å²) in [6, 6.07) is 2.56. The molecule has 2 aromatic heterocycles. The van der Waals surface area contributed by atoms with Crippen LogP contribution in [0.3, 0.4) is 0 Å². The van der Waals surface area contributed by atoms with Crippen LogP contribution in [-0.2, 0) is 0 Å². The lowest BCUT2D eigenvalue weighted by atomic mass is 10.0. The minimum absolute atomic E-state index is 0.343. The highest BCUT2D eigenvalue weighted by Crippen LogP contribution is 2.60. The molecule has 1 saturated heterocycles. The molecule has 2 aromatic rings. The van der Waals surface area contributed by atoms with Crippen LogP contribution in [0.4, 0.5) is 5.82 Å². The van der Waals surface area contributed by atoms with Gasteiger partial charge in [0.25, 0.3) is 0 Å². The number of nitrogens with one attached hydrogen (secondary N) is 1. The molecule has 1 aliphatic carbocycles. The van der Waals surface area contributed by atoms with Crippen molar-refractivity contribution in [2.45, 2.75) is 19.8 Å². The molecule has 6 heteroatoms. The fourth-order valence-electron chi connectivity index (χ4n) is 3.70. The van der Waals surface area contributed by atoms with Gasteiger partial charge in [-0.1, -0.05) is 6.92 Å². The third kappa shape index (κ3) is 1.63. The Labute approximate surface area is 122 Å². The van der Waals surface area contributed by atoms with Crippen LogP contribution in [-0.4, -0.2) is 35.2 Å². The lowest BCUT2D eigenvalue weighted by Crippen LogP contribution is -2.26. The Kier molecular flexibility index (Phi) is 2.43. The average Bonchev–Trinajstić information content (AvgIpc) is 2.88. The highest BCUT2D eigenvalue weighted by molar-refractivity contribution is 5.93. The Bertz CT molecular complexity index is 757. The monoisotopic (exact) mass is 283 g/mol. The summed E-state index contributed by atoms with van der Waals surface area (Å²) in [4.78, 5) is 14.2. The molecule has 0 spiro atoms. The number of nitriles is 1. The van der Waals surface area contributed by atoms with Crippen LogP contribution in [0.5, 0.6) is 6.01 Å². The van der Waals surface area contributed by atoms with Crippen molar-refractivity contribution in [3.8, 4) is 12.1 Å². The second kappa shape index (κ2) is 4.10. The molecular formula is C15H17N5O. The first-order chi connectivity index (χ1) is 10.2. The summed E-state index contributed by atoms with van der Waals surface area (Å²) in [5, 5.41) is 10.1. The number of aromatic nitrogens is 3. The van der Waals surface area contributed by atoms with Crippen molar-refractivity contribution in [2.24, 2.45) is 11.3 Å². The fraction of sp³-hybridized carbons (Fsp3) is 0.533. The zero-order chi connectivity index (χ0) is 14.6. The van der Waals surface area contributed by atoms with Gasteiger partial charge in [0, 0.05) is 19.3 Å². The smallest absolute Gasteiger partial charge is 0.320 e. The van der Waals surface area contributed by atoms with Crippen LogP contribution in [0.1, 0.15) is 25.3 Å². The van der Waals surface area contributed by atoms with E-state index in [2.05, 4.69) is 32.8 Å². The van der Waals surface area contributed by atoms with Crippen LogP contribution in [0.2, 0.25) is 0 Å². The van der Waals surface area contributed by atoms with Crippen molar-refractivity contribution in [3.05, 3.63) is 11.8 Å². The molecule has 6 nitrogen and oxygen atoms in total. The number of hydrogen-bond acceptors (Lipinski definition) is 5. The maximum absolute atomic E-state index is 9.30. The Hall–Kier alpha value is -2.29. The first-order valence-corrected chi connectivity index (χ1v) is 7.29. The first kappa shape index (κ1) is 12.5. The molecule has 0 radical (unpaired) electrons. The molecular weight excluding hydrogens is 266 g/mol. The summed E-state index contributed by atoms with van der Waals surface area (Å²) in [5.74, 6) is 1.60. The first-order valence-electron chi connectivity index (χ1n) is 7.29. The third-order valence-electron chi connectivity index (χ3n) is 5.10. The van der Waals surface area contributed by atoms with Crippen LogP contribution in [0.25, 0.3) is 11.0 Å². The van der Waals surface area contributed by atoms with Crippen molar-refractivity contribution in [1.29, 1.82) is 5.26 Å². The number of aromatic amines is 1. The van der Waals surface area contributed by atoms with Gasteiger partial charge in [0.1, 0.15) is 17.5 Å². The normalized spacial score (nSPS) is 26.7. The van der Waals surface area contributed by atoms with E-state index in [0.717, 1.165) is 30.2 Å². The van der Waals surface area contributed by atoms with E-state index in [1.165, 1.54) is 12.8 Å². The summed E-state index contributed by atoms with van der Waals surface area (Å²) in [5.41, 5.74) is 1.72. The van der Waals surface area contributed by atoms with E-state index in [9.17, 15) is 5.26 Å². The van der Waals surface area contributed by atoms with Gasteiger partial charge in [-0.25, -0.2) is 0 Å². The molecule has 0 bridgehead atoms. The van der Waals surface area contributed by atoms with Gasteiger partial charge in [0.05, 0.1) is 18.1 Å². The van der Waals surface area contributed by atoms with Crippen molar-refractivity contribution in [2.75, 3.05) is 25.1 Å². The number of rotatable bonds is 3. The van der Waals surface area contributed by atoms with Crippen molar-refractivity contribution in [1.82, 2.24) is 15.0 Å². The van der Waals surface area contributed by atoms with Gasteiger partial charge in [-0.05, 0) is 24.2 Å². The van der Waals surface area contributed by atoms with Crippen LogP contribution in [0, 0.1) is 22.7 Å². The average molecular weight is 283 g/mol. The van der Waals surface area contributed by atoms with Gasteiger partial charge >= 0.3 is 6.01 Å². The molecule has 3 heterocycles. The van der Waals surface area contributed by atoms with E-state index in [1.807, 2.05) is 0 Å². The maximum Gasteiger partial charge on any atom is 0.320 e. The number of anilines is 1. The minimum atomic E-state index is 0.343. The lowest BCUT2D eigenvalue weighted by molar-refractivity contribution is 0.381. The van der Waals surface area contributed by atoms with Crippen LogP contribution in [0.15, 0.2) is 6.20 Å². The topological polar surface area (TPSA) is 77.8 Å². The number of hydrogen-bond donors (Lipinski definition) is 1. The fourth-order valence-corrected chi connectivity index (χ4v) is 3.70. The van der Waals surface area contributed by atoms with Crippen molar-refractivity contribution < 1.29 is 4.74 Å². The number of nitrogens with zero attached hydrogens (tertiary/aromatic N) is 4. The van der Waals surface area contributed by atoms with Gasteiger partial charge < -0.3 is 14.6 Å². The van der Waals surface area contributed by atoms with Crippen LogP contribution >= 0.6 is 0 Å². The molecule has 2 atom stereocenters. The van der Waals surface area contributed by atoms with Gasteiger partial charge in [-0.3, -0.25) is 0 Å². The second-order valence-corrected chi connectivity index (χ2v) is 6.07. The molecule has 2 unspecified atom stereocenters. The standard InChI is InChI=1S/C15H17N5O/c1-3-15-4-10(15)7-20(8-15)13-11-9(5-16)6-17-12(11)18-14(19-13)21-2/h6,10H,3-4,7-8H2,1-2H3,(H,17,18,19). The zero-order valence-electron chi connectivity index (χ0n) is 12.2. The van der Waals surface area contributed by atoms with Crippen molar-refractivity contribution >= 4 is 16.9 Å². The Morgan fingerprint density at radius 3 is 3.10 bits per heavy atom. The molecule has 4 rings (SSSR count). The number of fused-ring (bicyclic) bond motifs is 2. The van der Waals surface area contributed by atoms with Crippen LogP contribution < -0.4 is 9.64 Å². The third-order valence-corrected chi connectivity index (χ3v) is 5.10. The van der Waals surface area contributed by atoms with E-state index in [-0.39, 0.29) is 0 Å². The Balaban J connectivity index is 1.84. The van der Waals surface area contributed by atoms with E-state index in [0.29, 0.717) is 22.6 Å². The summed E-state index contributed by atoms with van der Waals surface area (Å²) in [6.07, 6.45) is 4.22. The molecule has 2 aliphatic rings. The van der Waals surface area contributed by atoms with E-state index < -0.39 is 0 Å². The number of methoxy groups -OCH3 is 1. The maximum atomic E-state index is 9.30. The molecule has 108 valence electrons. The molecule has 21 heavy (non-hydrogen) atoms. The second-order valence-electron chi connectivity index (χ2n) is 6.07. The molecule has 1 N–H and O–H groups in total. The molecule has 0 aromatic carbocycles. The highest BCUT2D eigenvalue weighted by Gasteiger charge is 2.58. The quantitative estimate of drug-likeness (QED) is 0.933. The summed E-state index contributed by atoms with van der Waals surface area (Å²) >= 11 is 0. The number of piperidine rings is 1. The predicted molar refractivity (Wildman–Crippen MR) is 78.2 cm³/mol. The largest absolute Gasteiger partial charge is 0.467 e. The summed E-state index contributed by atoms with van der Waals surface area (Å²) < 4.78 is 5.20. The van der Waals surface area contributed by atoms with Gasteiger partial charge in [0.15, 0.2) is 0 Å². The van der Waals surface area contributed by atoms with Gasteiger partial charge in [-0.2, -0.15) is 15.2 Å². The lowest BCUT2D eigenvalue weighted by Gasteiger charge is -2.22. The highest BCUT2D eigenvalue weighted by atomic mass is 16.5.